The fraction of sp³-hybridized carbons (Fsp3) is 0.308. The second kappa shape index (κ2) is 4.59. The Labute approximate surface area is 100 Å². The van der Waals surface area contributed by atoms with E-state index in [2.05, 4.69) is 15.4 Å². The van der Waals surface area contributed by atoms with Crippen LogP contribution in [0, 0.1) is 0 Å². The zero-order valence-corrected chi connectivity index (χ0v) is 9.60. The Morgan fingerprint density at radius 1 is 1.12 bits per heavy atom. The summed E-state index contributed by atoms with van der Waals surface area (Å²) < 4.78 is 5.41. The van der Waals surface area contributed by atoms with Crippen molar-refractivity contribution in [1.29, 1.82) is 0 Å². The molecular weight excluding hydrogens is 214 g/mol. The van der Waals surface area contributed by atoms with Gasteiger partial charge in [0.2, 0.25) is 5.88 Å². The standard InChI is InChI=1S/C13H15N3O/c1-2-4-11(5-3-1)12-10-13(17-15-12)16-8-6-14-7-9-16/h1-5,10,14H,6-9H2. The predicted octanol–water partition coefficient (Wildman–Crippen LogP) is 1.75. The Morgan fingerprint density at radius 3 is 2.65 bits per heavy atom. The Morgan fingerprint density at radius 2 is 1.88 bits per heavy atom. The van der Waals surface area contributed by atoms with E-state index in [0.717, 1.165) is 43.3 Å². The number of benzene rings is 1. The van der Waals surface area contributed by atoms with Gasteiger partial charge in [-0.3, -0.25) is 0 Å². The van der Waals surface area contributed by atoms with Crippen LogP contribution in [0.25, 0.3) is 11.3 Å². The van der Waals surface area contributed by atoms with Crippen molar-refractivity contribution < 1.29 is 4.52 Å². The van der Waals surface area contributed by atoms with Crippen molar-refractivity contribution in [3.8, 4) is 11.3 Å². The van der Waals surface area contributed by atoms with Gasteiger partial charge < -0.3 is 14.7 Å². The van der Waals surface area contributed by atoms with Crippen LogP contribution >= 0.6 is 0 Å². The topological polar surface area (TPSA) is 41.3 Å². The summed E-state index contributed by atoms with van der Waals surface area (Å²) >= 11 is 0. The smallest absolute Gasteiger partial charge is 0.227 e. The fourth-order valence-electron chi connectivity index (χ4n) is 2.04. The van der Waals surface area contributed by atoms with Crippen LogP contribution < -0.4 is 10.2 Å². The predicted molar refractivity (Wildman–Crippen MR) is 67.0 cm³/mol. The molecule has 17 heavy (non-hydrogen) atoms. The summed E-state index contributed by atoms with van der Waals surface area (Å²) in [7, 11) is 0. The lowest BCUT2D eigenvalue weighted by Crippen LogP contribution is -2.43. The van der Waals surface area contributed by atoms with Crippen LogP contribution in [-0.4, -0.2) is 31.3 Å². The van der Waals surface area contributed by atoms with Crippen molar-refractivity contribution in [3.05, 3.63) is 36.4 Å². The molecule has 1 fully saturated rings. The van der Waals surface area contributed by atoms with Crippen LogP contribution in [0.2, 0.25) is 0 Å². The first kappa shape index (κ1) is 10.4. The number of aromatic nitrogens is 1. The summed E-state index contributed by atoms with van der Waals surface area (Å²) in [4.78, 5) is 2.22. The maximum atomic E-state index is 5.41. The van der Waals surface area contributed by atoms with Crippen molar-refractivity contribution in [2.24, 2.45) is 0 Å². The lowest BCUT2D eigenvalue weighted by Gasteiger charge is -2.25. The molecule has 1 aromatic heterocycles. The van der Waals surface area contributed by atoms with Crippen LogP contribution in [-0.2, 0) is 0 Å². The highest BCUT2D eigenvalue weighted by atomic mass is 16.5. The van der Waals surface area contributed by atoms with E-state index in [0.29, 0.717) is 0 Å². The lowest BCUT2D eigenvalue weighted by atomic mass is 10.1. The molecule has 0 bridgehead atoms. The minimum atomic E-state index is 0.866. The quantitative estimate of drug-likeness (QED) is 0.851. The molecule has 2 aromatic rings. The normalized spacial score (nSPS) is 16.1. The highest BCUT2D eigenvalue weighted by molar-refractivity contribution is 5.61. The molecule has 2 heterocycles. The number of anilines is 1. The Kier molecular flexibility index (Phi) is 2.80. The Hall–Kier alpha value is -1.81. The zero-order valence-electron chi connectivity index (χ0n) is 9.60. The first-order valence-corrected chi connectivity index (χ1v) is 5.91. The molecular formula is C13H15N3O. The van der Waals surface area contributed by atoms with Gasteiger partial charge >= 0.3 is 0 Å². The molecule has 4 nitrogen and oxygen atoms in total. The molecule has 0 saturated carbocycles. The molecule has 1 aromatic carbocycles. The molecule has 88 valence electrons. The average Bonchev–Trinajstić information content (AvgIpc) is 2.90. The number of hydrogen-bond donors (Lipinski definition) is 1. The number of hydrogen-bond acceptors (Lipinski definition) is 4. The SMILES string of the molecule is c1ccc(-c2cc(N3CCNCC3)on2)cc1. The molecule has 0 radical (unpaired) electrons. The summed E-state index contributed by atoms with van der Waals surface area (Å²) in [6.45, 7) is 3.95. The molecule has 0 spiro atoms. The second-order valence-corrected chi connectivity index (χ2v) is 4.15. The first-order valence-electron chi connectivity index (χ1n) is 5.91. The van der Waals surface area contributed by atoms with Crippen molar-refractivity contribution in [2.45, 2.75) is 0 Å². The summed E-state index contributed by atoms with van der Waals surface area (Å²) in [5, 5.41) is 7.44. The van der Waals surface area contributed by atoms with Crippen molar-refractivity contribution in [2.75, 3.05) is 31.1 Å². The fourth-order valence-corrected chi connectivity index (χ4v) is 2.04. The third-order valence-corrected chi connectivity index (χ3v) is 3.00. The van der Waals surface area contributed by atoms with E-state index in [4.69, 9.17) is 4.52 Å². The van der Waals surface area contributed by atoms with Crippen LogP contribution in [0.5, 0.6) is 0 Å². The van der Waals surface area contributed by atoms with Crippen LogP contribution in [0.4, 0.5) is 5.88 Å². The number of rotatable bonds is 2. The van der Waals surface area contributed by atoms with Gasteiger partial charge in [0.05, 0.1) is 0 Å². The van der Waals surface area contributed by atoms with E-state index in [-0.39, 0.29) is 0 Å². The highest BCUT2D eigenvalue weighted by Gasteiger charge is 2.15. The van der Waals surface area contributed by atoms with Gasteiger partial charge in [0.15, 0.2) is 0 Å². The van der Waals surface area contributed by atoms with E-state index in [1.54, 1.807) is 0 Å². The van der Waals surface area contributed by atoms with Gasteiger partial charge in [-0.15, -0.1) is 0 Å². The molecule has 1 N–H and O–H groups in total. The number of piperazine rings is 1. The van der Waals surface area contributed by atoms with Crippen LogP contribution in [0.15, 0.2) is 40.9 Å². The second-order valence-electron chi connectivity index (χ2n) is 4.15. The van der Waals surface area contributed by atoms with E-state index in [9.17, 15) is 0 Å². The monoisotopic (exact) mass is 229 g/mol. The summed E-state index contributed by atoms with van der Waals surface area (Å²) in [6.07, 6.45) is 0. The minimum Gasteiger partial charge on any atom is -0.338 e. The van der Waals surface area contributed by atoms with Gasteiger partial charge in [-0.25, -0.2) is 0 Å². The van der Waals surface area contributed by atoms with E-state index in [1.165, 1.54) is 0 Å². The number of nitrogens with one attached hydrogen (secondary N) is 1. The van der Waals surface area contributed by atoms with Crippen molar-refractivity contribution in [1.82, 2.24) is 10.5 Å². The molecule has 1 aliphatic rings. The van der Waals surface area contributed by atoms with E-state index >= 15 is 0 Å². The highest BCUT2D eigenvalue weighted by Crippen LogP contribution is 2.23. The van der Waals surface area contributed by atoms with Gasteiger partial charge in [-0.2, -0.15) is 0 Å². The van der Waals surface area contributed by atoms with Crippen molar-refractivity contribution in [3.63, 3.8) is 0 Å². The molecule has 1 aliphatic heterocycles. The Bertz CT molecular complexity index is 474. The molecule has 0 atom stereocenters. The first-order chi connectivity index (χ1) is 8.43. The van der Waals surface area contributed by atoms with Crippen LogP contribution in [0.3, 0.4) is 0 Å². The van der Waals surface area contributed by atoms with Gasteiger partial charge in [-0.05, 0) is 0 Å². The maximum absolute atomic E-state index is 5.41. The Balaban J connectivity index is 1.83. The third-order valence-electron chi connectivity index (χ3n) is 3.00. The molecule has 0 aliphatic carbocycles. The van der Waals surface area contributed by atoms with Crippen molar-refractivity contribution >= 4 is 5.88 Å². The molecule has 0 unspecified atom stereocenters. The van der Waals surface area contributed by atoms with Crippen LogP contribution in [0.1, 0.15) is 0 Å². The summed E-state index contributed by atoms with van der Waals surface area (Å²) in [6, 6.07) is 12.1. The third kappa shape index (κ3) is 2.17. The molecule has 0 amide bonds. The van der Waals surface area contributed by atoms with Gasteiger partial charge in [-0.1, -0.05) is 35.5 Å². The van der Waals surface area contributed by atoms with Gasteiger partial charge in [0.25, 0.3) is 0 Å². The lowest BCUT2D eigenvalue weighted by molar-refractivity contribution is 0.409. The summed E-state index contributed by atoms with van der Waals surface area (Å²) in [5.41, 5.74) is 2.00. The van der Waals surface area contributed by atoms with E-state index < -0.39 is 0 Å². The average molecular weight is 229 g/mol. The minimum absolute atomic E-state index is 0.866. The molecule has 1 saturated heterocycles. The zero-order chi connectivity index (χ0) is 11.5. The summed E-state index contributed by atoms with van der Waals surface area (Å²) in [5.74, 6) is 0.866. The molecule has 4 heteroatoms. The van der Waals surface area contributed by atoms with Gasteiger partial charge in [0.1, 0.15) is 5.69 Å². The van der Waals surface area contributed by atoms with E-state index in [1.807, 2.05) is 36.4 Å². The largest absolute Gasteiger partial charge is 0.338 e. The van der Waals surface area contributed by atoms with Gasteiger partial charge in [0, 0.05) is 37.8 Å². The maximum Gasteiger partial charge on any atom is 0.227 e. The molecule has 3 rings (SSSR count). The number of nitrogens with zero attached hydrogens (tertiary/aromatic N) is 2.